The van der Waals surface area contributed by atoms with Gasteiger partial charge in [0.1, 0.15) is 12.0 Å². The quantitative estimate of drug-likeness (QED) is 0.523. The lowest BCUT2D eigenvalue weighted by molar-refractivity contribution is 0.557. The van der Waals surface area contributed by atoms with Crippen LogP contribution in [0.15, 0.2) is 21.5 Å². The lowest BCUT2D eigenvalue weighted by atomic mass is 10.3. The molecule has 0 unspecified atom stereocenters. The van der Waals surface area contributed by atoms with Gasteiger partial charge in [-0.25, -0.2) is 9.38 Å². The van der Waals surface area contributed by atoms with E-state index < -0.39 is 0 Å². The third-order valence-corrected chi connectivity index (χ3v) is 1.72. The second kappa shape index (κ2) is 3.76. The Morgan fingerprint density at radius 2 is 2.33 bits per heavy atom. The van der Waals surface area contributed by atoms with Gasteiger partial charge in [-0.3, -0.25) is 0 Å². The van der Waals surface area contributed by atoms with E-state index in [4.69, 9.17) is 4.42 Å². The Morgan fingerprint density at radius 3 is 2.83 bits per heavy atom. The van der Waals surface area contributed by atoms with Crippen LogP contribution in [0.3, 0.4) is 0 Å². The Bertz CT molecular complexity index is 249. The van der Waals surface area contributed by atoms with Crippen molar-refractivity contribution in [2.45, 2.75) is 25.5 Å². The first-order valence-corrected chi connectivity index (χ1v) is 4.45. The minimum Gasteiger partial charge on any atom is -0.451 e. The molecule has 3 nitrogen and oxygen atoms in total. The standard InChI is InChI=1S/C8H12N2OS/c1-8(2,3)12-10-4-7-5-11-6-9-7/h4-6H,1-3H3/b10-4+. The van der Waals surface area contributed by atoms with Gasteiger partial charge < -0.3 is 4.42 Å². The highest BCUT2D eigenvalue weighted by molar-refractivity contribution is 7.99. The third-order valence-electron chi connectivity index (χ3n) is 0.963. The van der Waals surface area contributed by atoms with E-state index >= 15 is 0 Å². The average molecular weight is 184 g/mol. The number of aromatic nitrogens is 1. The fourth-order valence-corrected chi connectivity index (χ4v) is 1.00. The summed E-state index contributed by atoms with van der Waals surface area (Å²) in [6, 6.07) is 0. The van der Waals surface area contributed by atoms with Crippen LogP contribution in [-0.4, -0.2) is 15.9 Å². The summed E-state index contributed by atoms with van der Waals surface area (Å²) in [4.78, 5) is 3.91. The zero-order valence-electron chi connectivity index (χ0n) is 7.44. The first kappa shape index (κ1) is 9.32. The number of oxazole rings is 1. The predicted molar refractivity (Wildman–Crippen MR) is 51.4 cm³/mol. The maximum Gasteiger partial charge on any atom is 0.181 e. The van der Waals surface area contributed by atoms with Crippen LogP contribution in [0.5, 0.6) is 0 Å². The number of nitrogens with zero attached hydrogens (tertiary/aromatic N) is 2. The molecule has 0 radical (unpaired) electrons. The van der Waals surface area contributed by atoms with Crippen LogP contribution in [0.2, 0.25) is 0 Å². The highest BCUT2D eigenvalue weighted by Gasteiger charge is 2.08. The summed E-state index contributed by atoms with van der Waals surface area (Å²) in [5, 5.41) is 0. The molecule has 1 rings (SSSR count). The summed E-state index contributed by atoms with van der Waals surface area (Å²) in [6.45, 7) is 6.33. The average Bonchev–Trinajstić information content (AvgIpc) is 2.36. The topological polar surface area (TPSA) is 38.4 Å². The molecular weight excluding hydrogens is 172 g/mol. The van der Waals surface area contributed by atoms with Gasteiger partial charge in [0.2, 0.25) is 0 Å². The number of hydrogen-bond donors (Lipinski definition) is 0. The van der Waals surface area contributed by atoms with E-state index in [1.54, 1.807) is 12.5 Å². The summed E-state index contributed by atoms with van der Waals surface area (Å²) >= 11 is 1.52. The van der Waals surface area contributed by atoms with Crippen LogP contribution in [0.25, 0.3) is 0 Å². The van der Waals surface area contributed by atoms with E-state index in [2.05, 4.69) is 30.2 Å². The maximum absolute atomic E-state index is 4.79. The fourth-order valence-electron chi connectivity index (χ4n) is 0.524. The predicted octanol–water partition coefficient (Wildman–Crippen LogP) is 2.54. The van der Waals surface area contributed by atoms with Gasteiger partial charge in [-0.05, 0) is 32.7 Å². The van der Waals surface area contributed by atoms with Crippen molar-refractivity contribution < 1.29 is 4.42 Å². The summed E-state index contributed by atoms with van der Waals surface area (Å²) in [5.41, 5.74) is 0.756. The molecule has 1 heterocycles. The highest BCUT2D eigenvalue weighted by Crippen LogP contribution is 2.23. The van der Waals surface area contributed by atoms with Gasteiger partial charge in [0, 0.05) is 4.75 Å². The Labute approximate surface area is 76.4 Å². The van der Waals surface area contributed by atoms with Gasteiger partial charge >= 0.3 is 0 Å². The number of hydrogen-bond acceptors (Lipinski definition) is 4. The smallest absolute Gasteiger partial charge is 0.181 e. The van der Waals surface area contributed by atoms with E-state index in [1.807, 2.05) is 0 Å². The van der Waals surface area contributed by atoms with Crippen molar-refractivity contribution in [3.8, 4) is 0 Å². The zero-order valence-corrected chi connectivity index (χ0v) is 8.26. The SMILES string of the molecule is CC(C)(C)S/N=C/c1cocn1. The summed E-state index contributed by atoms with van der Waals surface area (Å²) in [6.07, 6.45) is 4.65. The van der Waals surface area contributed by atoms with Crippen LogP contribution in [0, 0.1) is 0 Å². The van der Waals surface area contributed by atoms with Crippen LogP contribution < -0.4 is 0 Å². The zero-order chi connectivity index (χ0) is 9.03. The van der Waals surface area contributed by atoms with E-state index in [0.29, 0.717) is 0 Å². The Morgan fingerprint density at radius 1 is 1.58 bits per heavy atom. The van der Waals surface area contributed by atoms with Crippen molar-refractivity contribution in [3.05, 3.63) is 18.4 Å². The molecule has 1 aromatic heterocycles. The monoisotopic (exact) mass is 184 g/mol. The van der Waals surface area contributed by atoms with Crippen molar-refractivity contribution in [2.24, 2.45) is 4.40 Å². The van der Waals surface area contributed by atoms with E-state index in [-0.39, 0.29) is 4.75 Å². The summed E-state index contributed by atoms with van der Waals surface area (Å²) < 4.78 is 9.09. The molecule has 0 amide bonds. The van der Waals surface area contributed by atoms with Crippen molar-refractivity contribution in [3.63, 3.8) is 0 Å². The first-order valence-electron chi connectivity index (χ1n) is 3.68. The van der Waals surface area contributed by atoms with Gasteiger partial charge in [-0.2, -0.15) is 0 Å². The van der Waals surface area contributed by atoms with Gasteiger partial charge in [0.15, 0.2) is 6.39 Å². The molecule has 0 spiro atoms. The largest absolute Gasteiger partial charge is 0.451 e. The molecule has 0 fully saturated rings. The molecule has 0 atom stereocenters. The van der Waals surface area contributed by atoms with Crippen molar-refractivity contribution in [1.29, 1.82) is 0 Å². The fraction of sp³-hybridized carbons (Fsp3) is 0.500. The molecule has 0 aliphatic carbocycles. The van der Waals surface area contributed by atoms with E-state index in [9.17, 15) is 0 Å². The normalized spacial score (nSPS) is 12.6. The van der Waals surface area contributed by atoms with Crippen LogP contribution in [-0.2, 0) is 0 Å². The molecule has 0 aliphatic rings. The molecule has 0 bridgehead atoms. The minimum atomic E-state index is 0.153. The maximum atomic E-state index is 4.79. The van der Waals surface area contributed by atoms with Gasteiger partial charge in [-0.15, -0.1) is 0 Å². The molecule has 0 saturated carbocycles. The van der Waals surface area contributed by atoms with Crippen LogP contribution >= 0.6 is 11.9 Å². The van der Waals surface area contributed by atoms with Gasteiger partial charge in [0.25, 0.3) is 0 Å². The highest BCUT2D eigenvalue weighted by atomic mass is 32.2. The molecule has 0 aromatic carbocycles. The molecule has 1 aromatic rings. The molecule has 0 saturated heterocycles. The minimum absolute atomic E-state index is 0.153. The lowest BCUT2D eigenvalue weighted by Gasteiger charge is -2.11. The van der Waals surface area contributed by atoms with Crippen LogP contribution in [0.1, 0.15) is 26.5 Å². The molecular formula is C8H12N2OS. The molecule has 0 N–H and O–H groups in total. The second-order valence-electron chi connectivity index (χ2n) is 3.35. The summed E-state index contributed by atoms with van der Waals surface area (Å²) in [5.74, 6) is 0. The lowest BCUT2D eigenvalue weighted by Crippen LogP contribution is -2.04. The Hall–Kier alpha value is -0.770. The number of rotatable bonds is 2. The van der Waals surface area contributed by atoms with Gasteiger partial charge in [-0.1, -0.05) is 0 Å². The molecule has 12 heavy (non-hydrogen) atoms. The second-order valence-corrected chi connectivity index (χ2v) is 4.97. The van der Waals surface area contributed by atoms with Crippen molar-refractivity contribution in [2.75, 3.05) is 0 Å². The van der Waals surface area contributed by atoms with E-state index in [0.717, 1.165) is 5.69 Å². The van der Waals surface area contributed by atoms with E-state index in [1.165, 1.54) is 18.3 Å². The Kier molecular flexibility index (Phi) is 2.92. The summed E-state index contributed by atoms with van der Waals surface area (Å²) in [7, 11) is 0. The van der Waals surface area contributed by atoms with Crippen molar-refractivity contribution in [1.82, 2.24) is 4.98 Å². The third kappa shape index (κ3) is 3.57. The van der Waals surface area contributed by atoms with Crippen LogP contribution in [0.4, 0.5) is 0 Å². The first-order chi connectivity index (χ1) is 5.58. The molecule has 66 valence electrons. The molecule has 0 aliphatic heterocycles. The Balaban J connectivity index is 2.42. The molecule has 4 heteroatoms. The van der Waals surface area contributed by atoms with Gasteiger partial charge in [0.05, 0.1) is 6.21 Å². The van der Waals surface area contributed by atoms with Crippen molar-refractivity contribution >= 4 is 18.2 Å².